The van der Waals surface area contributed by atoms with Crippen molar-refractivity contribution in [1.82, 2.24) is 0 Å². The monoisotopic (exact) mass is 276 g/mol. The van der Waals surface area contributed by atoms with Crippen LogP contribution in [0, 0.1) is 0 Å². The van der Waals surface area contributed by atoms with E-state index in [1.165, 1.54) is 9.75 Å². The van der Waals surface area contributed by atoms with Gasteiger partial charge in [0.25, 0.3) is 0 Å². The highest BCUT2D eigenvalue weighted by atomic mass is 32.1. The Morgan fingerprint density at radius 3 is 2.63 bits per heavy atom. The quantitative estimate of drug-likeness (QED) is 0.864. The summed E-state index contributed by atoms with van der Waals surface area (Å²) in [4.78, 5) is 2.59. The zero-order valence-corrected chi connectivity index (χ0v) is 12.2. The summed E-state index contributed by atoms with van der Waals surface area (Å²) in [5, 5.41) is 10.3. The van der Waals surface area contributed by atoms with Crippen LogP contribution in [0.4, 0.5) is 0 Å². The highest BCUT2D eigenvalue weighted by Gasteiger charge is 2.11. The molecule has 0 saturated heterocycles. The highest BCUT2D eigenvalue weighted by Crippen LogP contribution is 2.26. The largest absolute Gasteiger partial charge is 0.494 e. The third kappa shape index (κ3) is 3.82. The third-order valence-electron chi connectivity index (χ3n) is 3.01. The fourth-order valence-corrected chi connectivity index (χ4v) is 3.00. The lowest BCUT2D eigenvalue weighted by Crippen LogP contribution is -2.01. The number of aryl methyl sites for hydroxylation is 1. The van der Waals surface area contributed by atoms with Crippen LogP contribution in [0.1, 0.15) is 35.3 Å². The molecule has 0 spiro atoms. The van der Waals surface area contributed by atoms with Gasteiger partial charge in [-0.1, -0.05) is 19.1 Å². The smallest absolute Gasteiger partial charge is 0.119 e. The maximum absolute atomic E-state index is 10.3. The summed E-state index contributed by atoms with van der Waals surface area (Å²) in [6.07, 6.45) is 1.25. The van der Waals surface area contributed by atoms with Crippen LogP contribution < -0.4 is 4.74 Å². The topological polar surface area (TPSA) is 29.5 Å². The molecule has 2 aromatic rings. The van der Waals surface area contributed by atoms with E-state index in [1.54, 1.807) is 11.3 Å². The Balaban J connectivity index is 2.06. The first kappa shape index (κ1) is 14.1. The van der Waals surface area contributed by atoms with Crippen molar-refractivity contribution in [2.45, 2.75) is 32.8 Å². The van der Waals surface area contributed by atoms with Gasteiger partial charge in [-0.05, 0) is 43.2 Å². The second kappa shape index (κ2) is 6.73. The molecule has 0 amide bonds. The summed E-state index contributed by atoms with van der Waals surface area (Å²) in [6.45, 7) is 4.75. The molecule has 1 aromatic heterocycles. The van der Waals surface area contributed by atoms with Crippen LogP contribution in [0.3, 0.4) is 0 Å². The number of hydrogen-bond donors (Lipinski definition) is 1. The van der Waals surface area contributed by atoms with Gasteiger partial charge in [0.2, 0.25) is 0 Å². The van der Waals surface area contributed by atoms with Gasteiger partial charge in [0.05, 0.1) is 12.7 Å². The van der Waals surface area contributed by atoms with Gasteiger partial charge in [0, 0.05) is 16.2 Å². The predicted octanol–water partition coefficient (Wildman–Crippen LogP) is 3.99. The van der Waals surface area contributed by atoms with E-state index in [4.69, 9.17) is 4.74 Å². The average molecular weight is 276 g/mol. The second-order valence-corrected chi connectivity index (χ2v) is 5.70. The summed E-state index contributed by atoms with van der Waals surface area (Å²) >= 11 is 1.78. The predicted molar refractivity (Wildman–Crippen MR) is 80.0 cm³/mol. The number of thiophene rings is 1. The van der Waals surface area contributed by atoms with Crippen molar-refractivity contribution in [1.29, 1.82) is 0 Å². The van der Waals surface area contributed by atoms with Crippen LogP contribution in [0.25, 0.3) is 0 Å². The fourth-order valence-electron chi connectivity index (χ4n) is 2.01. The van der Waals surface area contributed by atoms with E-state index in [-0.39, 0.29) is 0 Å². The Labute approximate surface area is 118 Å². The molecule has 0 radical (unpaired) electrons. The van der Waals surface area contributed by atoms with Gasteiger partial charge < -0.3 is 9.84 Å². The van der Waals surface area contributed by atoms with Gasteiger partial charge in [-0.3, -0.25) is 0 Å². The van der Waals surface area contributed by atoms with Gasteiger partial charge in [-0.2, -0.15) is 0 Å². The molecule has 0 fully saturated rings. The minimum Gasteiger partial charge on any atom is -0.494 e. The van der Waals surface area contributed by atoms with Crippen LogP contribution >= 0.6 is 11.3 Å². The SMILES string of the molecule is CCOc1cccc(C(O)Cc2ccc(CC)s2)c1. The molecule has 0 bridgehead atoms. The van der Waals surface area contributed by atoms with Crippen molar-refractivity contribution in [3.63, 3.8) is 0 Å². The van der Waals surface area contributed by atoms with Crippen LogP contribution in [0.2, 0.25) is 0 Å². The highest BCUT2D eigenvalue weighted by molar-refractivity contribution is 7.11. The molecule has 102 valence electrons. The van der Waals surface area contributed by atoms with Crippen LogP contribution in [-0.4, -0.2) is 11.7 Å². The van der Waals surface area contributed by atoms with Gasteiger partial charge >= 0.3 is 0 Å². The number of benzene rings is 1. The van der Waals surface area contributed by atoms with Crippen molar-refractivity contribution in [3.8, 4) is 5.75 Å². The first-order valence-electron chi connectivity index (χ1n) is 6.71. The number of hydrogen-bond acceptors (Lipinski definition) is 3. The first-order chi connectivity index (χ1) is 9.22. The molecule has 1 atom stereocenters. The lowest BCUT2D eigenvalue weighted by atomic mass is 10.1. The van der Waals surface area contributed by atoms with E-state index < -0.39 is 6.10 Å². The van der Waals surface area contributed by atoms with Crippen molar-refractivity contribution in [3.05, 3.63) is 51.7 Å². The van der Waals surface area contributed by atoms with Gasteiger partial charge in [-0.25, -0.2) is 0 Å². The standard InChI is InChI=1S/C16H20O2S/c1-3-14-8-9-15(19-14)11-16(17)12-6-5-7-13(10-12)18-4-2/h5-10,16-17H,3-4,11H2,1-2H3. The molecule has 1 unspecified atom stereocenters. The van der Waals surface area contributed by atoms with E-state index in [0.29, 0.717) is 13.0 Å². The Morgan fingerprint density at radius 1 is 1.16 bits per heavy atom. The van der Waals surface area contributed by atoms with E-state index in [9.17, 15) is 5.11 Å². The van der Waals surface area contributed by atoms with Gasteiger partial charge in [0.15, 0.2) is 0 Å². The first-order valence-corrected chi connectivity index (χ1v) is 7.53. The van der Waals surface area contributed by atoms with E-state index in [0.717, 1.165) is 17.7 Å². The number of rotatable bonds is 6. The molecule has 3 heteroatoms. The lowest BCUT2D eigenvalue weighted by Gasteiger charge is -2.11. The van der Waals surface area contributed by atoms with Crippen LogP contribution in [0.5, 0.6) is 5.75 Å². The van der Waals surface area contributed by atoms with Crippen molar-refractivity contribution < 1.29 is 9.84 Å². The van der Waals surface area contributed by atoms with Crippen LogP contribution in [-0.2, 0) is 12.8 Å². The summed E-state index contributed by atoms with van der Waals surface area (Å²) < 4.78 is 5.46. The molecule has 1 heterocycles. The normalized spacial score (nSPS) is 12.4. The maximum Gasteiger partial charge on any atom is 0.119 e. The molecule has 19 heavy (non-hydrogen) atoms. The molecule has 0 aliphatic rings. The molecule has 2 nitrogen and oxygen atoms in total. The molecule has 0 aliphatic heterocycles. The van der Waals surface area contributed by atoms with E-state index >= 15 is 0 Å². The molecule has 1 N–H and O–H groups in total. The van der Waals surface area contributed by atoms with Crippen molar-refractivity contribution in [2.75, 3.05) is 6.61 Å². The molecule has 1 aromatic carbocycles. The fraction of sp³-hybridized carbons (Fsp3) is 0.375. The summed E-state index contributed by atoms with van der Waals surface area (Å²) in [6, 6.07) is 12.0. The molecular formula is C16H20O2S. The molecule has 2 rings (SSSR count). The minimum absolute atomic E-state index is 0.469. The Morgan fingerprint density at radius 2 is 1.95 bits per heavy atom. The molecular weight excluding hydrogens is 256 g/mol. The second-order valence-electron chi connectivity index (χ2n) is 4.45. The number of ether oxygens (including phenoxy) is 1. The van der Waals surface area contributed by atoms with Gasteiger partial charge in [0.1, 0.15) is 5.75 Å². The Kier molecular flexibility index (Phi) is 5.00. The third-order valence-corrected chi connectivity index (χ3v) is 4.27. The number of aliphatic hydroxyl groups is 1. The molecule has 0 saturated carbocycles. The maximum atomic E-state index is 10.3. The zero-order chi connectivity index (χ0) is 13.7. The van der Waals surface area contributed by atoms with E-state index in [1.807, 2.05) is 31.2 Å². The summed E-state index contributed by atoms with van der Waals surface area (Å²) in [5.74, 6) is 0.819. The number of aliphatic hydroxyl groups excluding tert-OH is 1. The summed E-state index contributed by atoms with van der Waals surface area (Å²) in [7, 11) is 0. The van der Waals surface area contributed by atoms with E-state index in [2.05, 4.69) is 19.1 Å². The average Bonchev–Trinajstić information content (AvgIpc) is 2.87. The van der Waals surface area contributed by atoms with Crippen LogP contribution in [0.15, 0.2) is 36.4 Å². The molecule has 0 aliphatic carbocycles. The minimum atomic E-state index is -0.469. The lowest BCUT2D eigenvalue weighted by molar-refractivity contribution is 0.179. The summed E-state index contributed by atoms with van der Waals surface area (Å²) in [5.41, 5.74) is 0.914. The van der Waals surface area contributed by atoms with Crippen molar-refractivity contribution in [2.24, 2.45) is 0 Å². The Hall–Kier alpha value is -1.32. The Bertz CT molecular complexity index is 519. The van der Waals surface area contributed by atoms with Crippen molar-refractivity contribution >= 4 is 11.3 Å². The zero-order valence-electron chi connectivity index (χ0n) is 11.4. The van der Waals surface area contributed by atoms with Gasteiger partial charge in [-0.15, -0.1) is 11.3 Å².